The summed E-state index contributed by atoms with van der Waals surface area (Å²) in [6.07, 6.45) is 2.62. The second kappa shape index (κ2) is 7.75. The van der Waals surface area contributed by atoms with Crippen LogP contribution in [0.15, 0.2) is 24.3 Å². The van der Waals surface area contributed by atoms with Crippen molar-refractivity contribution in [2.24, 2.45) is 0 Å². The predicted octanol–water partition coefficient (Wildman–Crippen LogP) is 1.75. The molecule has 0 unspecified atom stereocenters. The van der Waals surface area contributed by atoms with Gasteiger partial charge in [-0.05, 0) is 25.3 Å². The fourth-order valence-corrected chi connectivity index (χ4v) is 2.22. The van der Waals surface area contributed by atoms with Crippen molar-refractivity contribution in [1.29, 1.82) is 0 Å². The van der Waals surface area contributed by atoms with E-state index in [0.29, 0.717) is 26.2 Å². The van der Waals surface area contributed by atoms with Crippen molar-refractivity contribution >= 4 is 6.03 Å². The van der Waals surface area contributed by atoms with Gasteiger partial charge < -0.3 is 20.1 Å². The number of hydrogen-bond acceptors (Lipinski definition) is 3. The molecule has 0 fully saturated rings. The van der Waals surface area contributed by atoms with Crippen molar-refractivity contribution in [1.82, 2.24) is 10.2 Å². The van der Waals surface area contributed by atoms with Crippen LogP contribution in [-0.2, 0) is 6.54 Å². The molecule has 1 aromatic carbocycles. The number of nitrogens with one attached hydrogen (secondary N) is 1. The van der Waals surface area contributed by atoms with Gasteiger partial charge in [0.25, 0.3) is 0 Å². The number of para-hydroxylation sites is 1. The molecule has 1 aliphatic rings. The lowest BCUT2D eigenvalue weighted by Gasteiger charge is -2.20. The number of unbranched alkanes of at least 4 members (excludes halogenated alkanes) is 2. The lowest BCUT2D eigenvalue weighted by atomic mass is 10.2. The Hall–Kier alpha value is -1.75. The average molecular weight is 278 g/mol. The first-order valence-electron chi connectivity index (χ1n) is 7.15. The zero-order valence-corrected chi connectivity index (χ0v) is 11.7. The molecule has 0 atom stereocenters. The van der Waals surface area contributed by atoms with E-state index in [-0.39, 0.29) is 12.6 Å². The lowest BCUT2D eigenvalue weighted by Crippen LogP contribution is -2.41. The quantitative estimate of drug-likeness (QED) is 0.807. The Morgan fingerprint density at radius 2 is 2.15 bits per heavy atom. The van der Waals surface area contributed by atoms with E-state index in [1.54, 1.807) is 4.90 Å². The number of rotatable bonds is 5. The van der Waals surface area contributed by atoms with Crippen LogP contribution >= 0.6 is 0 Å². The third kappa shape index (κ3) is 4.13. The maximum Gasteiger partial charge on any atom is 0.317 e. The molecule has 0 aliphatic carbocycles. The molecule has 2 N–H and O–H groups in total. The SMILES string of the molecule is O=C(NCCCCCO)N1CCOc2ccccc2C1. The smallest absolute Gasteiger partial charge is 0.317 e. The molecule has 0 saturated carbocycles. The number of carbonyl (C=O) groups is 1. The molecule has 5 heteroatoms. The summed E-state index contributed by atoms with van der Waals surface area (Å²) in [7, 11) is 0. The number of hydrogen-bond donors (Lipinski definition) is 2. The molecule has 0 radical (unpaired) electrons. The molecule has 1 heterocycles. The third-order valence-electron chi connectivity index (χ3n) is 3.35. The maximum absolute atomic E-state index is 12.1. The largest absolute Gasteiger partial charge is 0.491 e. The van der Waals surface area contributed by atoms with E-state index >= 15 is 0 Å². The molecule has 5 nitrogen and oxygen atoms in total. The first-order valence-corrected chi connectivity index (χ1v) is 7.15. The molecule has 1 aromatic rings. The monoisotopic (exact) mass is 278 g/mol. The van der Waals surface area contributed by atoms with Crippen LogP contribution in [0.2, 0.25) is 0 Å². The Kier molecular flexibility index (Phi) is 5.68. The summed E-state index contributed by atoms with van der Waals surface area (Å²) in [4.78, 5) is 13.9. The van der Waals surface area contributed by atoms with Gasteiger partial charge in [0.05, 0.1) is 13.1 Å². The van der Waals surface area contributed by atoms with Crippen LogP contribution in [0, 0.1) is 0 Å². The summed E-state index contributed by atoms with van der Waals surface area (Å²) in [6, 6.07) is 7.77. The number of ether oxygens (including phenoxy) is 1. The molecular formula is C15H22N2O3. The van der Waals surface area contributed by atoms with Gasteiger partial charge in [0.1, 0.15) is 12.4 Å². The van der Waals surface area contributed by atoms with Crippen molar-refractivity contribution in [2.75, 3.05) is 26.3 Å². The minimum atomic E-state index is -0.0469. The number of amides is 2. The van der Waals surface area contributed by atoms with Gasteiger partial charge >= 0.3 is 6.03 Å². The van der Waals surface area contributed by atoms with E-state index in [2.05, 4.69) is 5.32 Å². The van der Waals surface area contributed by atoms with Crippen molar-refractivity contribution < 1.29 is 14.6 Å². The Morgan fingerprint density at radius 3 is 3.00 bits per heavy atom. The van der Waals surface area contributed by atoms with Crippen LogP contribution < -0.4 is 10.1 Å². The number of aliphatic hydroxyl groups excluding tert-OH is 1. The van der Waals surface area contributed by atoms with Crippen molar-refractivity contribution in [3.8, 4) is 5.75 Å². The standard InChI is InChI=1S/C15H22N2O3/c18-10-5-1-4-8-16-15(19)17-9-11-20-14-7-3-2-6-13(14)12-17/h2-3,6-7,18H,1,4-5,8-12H2,(H,16,19). The second-order valence-corrected chi connectivity index (χ2v) is 4.89. The molecule has 2 rings (SSSR count). The van der Waals surface area contributed by atoms with Gasteiger partial charge in [-0.3, -0.25) is 0 Å². The van der Waals surface area contributed by atoms with E-state index < -0.39 is 0 Å². The Bertz CT molecular complexity index is 437. The highest BCUT2D eigenvalue weighted by molar-refractivity contribution is 5.74. The Balaban J connectivity index is 1.82. The summed E-state index contributed by atoms with van der Waals surface area (Å²) in [6.45, 7) is 2.57. The molecule has 2 amide bonds. The second-order valence-electron chi connectivity index (χ2n) is 4.89. The van der Waals surface area contributed by atoms with Gasteiger partial charge in [-0.1, -0.05) is 18.2 Å². The average Bonchev–Trinajstić information content (AvgIpc) is 2.69. The topological polar surface area (TPSA) is 61.8 Å². The van der Waals surface area contributed by atoms with Gasteiger partial charge in [0, 0.05) is 18.7 Å². The first-order chi connectivity index (χ1) is 9.81. The molecule has 0 aromatic heterocycles. The highest BCUT2D eigenvalue weighted by atomic mass is 16.5. The van der Waals surface area contributed by atoms with Gasteiger partial charge in [-0.15, -0.1) is 0 Å². The number of carbonyl (C=O) groups excluding carboxylic acids is 1. The predicted molar refractivity (Wildman–Crippen MR) is 76.7 cm³/mol. The summed E-state index contributed by atoms with van der Waals surface area (Å²) < 4.78 is 5.64. The van der Waals surface area contributed by atoms with Crippen LogP contribution in [0.5, 0.6) is 5.75 Å². The van der Waals surface area contributed by atoms with Gasteiger partial charge in [0.15, 0.2) is 0 Å². The Labute approximate surface area is 119 Å². The van der Waals surface area contributed by atoms with Crippen LogP contribution in [0.1, 0.15) is 24.8 Å². The third-order valence-corrected chi connectivity index (χ3v) is 3.35. The Morgan fingerprint density at radius 1 is 1.30 bits per heavy atom. The van der Waals surface area contributed by atoms with E-state index in [1.165, 1.54) is 0 Å². The fourth-order valence-electron chi connectivity index (χ4n) is 2.22. The lowest BCUT2D eigenvalue weighted by molar-refractivity contribution is 0.187. The molecule has 0 spiro atoms. The number of urea groups is 1. The zero-order valence-electron chi connectivity index (χ0n) is 11.7. The van der Waals surface area contributed by atoms with E-state index in [1.807, 2.05) is 24.3 Å². The summed E-state index contributed by atoms with van der Waals surface area (Å²) >= 11 is 0. The van der Waals surface area contributed by atoms with Crippen molar-refractivity contribution in [3.63, 3.8) is 0 Å². The van der Waals surface area contributed by atoms with E-state index in [0.717, 1.165) is 30.6 Å². The van der Waals surface area contributed by atoms with Gasteiger partial charge in [-0.25, -0.2) is 4.79 Å². The normalized spacial score (nSPS) is 14.2. The molecular weight excluding hydrogens is 256 g/mol. The summed E-state index contributed by atoms with van der Waals surface area (Å²) in [5.74, 6) is 0.866. The highest BCUT2D eigenvalue weighted by Gasteiger charge is 2.18. The molecule has 0 bridgehead atoms. The van der Waals surface area contributed by atoms with Crippen LogP contribution in [-0.4, -0.2) is 42.3 Å². The minimum Gasteiger partial charge on any atom is -0.491 e. The molecule has 110 valence electrons. The van der Waals surface area contributed by atoms with E-state index in [9.17, 15) is 4.79 Å². The number of nitrogens with zero attached hydrogens (tertiary/aromatic N) is 1. The summed E-state index contributed by atoms with van der Waals surface area (Å²) in [5.41, 5.74) is 1.04. The molecule has 0 saturated heterocycles. The van der Waals surface area contributed by atoms with Crippen LogP contribution in [0.4, 0.5) is 4.79 Å². The first kappa shape index (κ1) is 14.7. The number of benzene rings is 1. The summed E-state index contributed by atoms with van der Waals surface area (Å²) in [5, 5.41) is 11.6. The zero-order chi connectivity index (χ0) is 14.2. The number of aliphatic hydroxyl groups is 1. The molecule has 20 heavy (non-hydrogen) atoms. The highest BCUT2D eigenvalue weighted by Crippen LogP contribution is 2.22. The number of fused-ring (bicyclic) bond motifs is 1. The van der Waals surface area contributed by atoms with Gasteiger partial charge in [-0.2, -0.15) is 0 Å². The minimum absolute atomic E-state index is 0.0469. The molecule has 1 aliphatic heterocycles. The van der Waals surface area contributed by atoms with Crippen molar-refractivity contribution in [3.05, 3.63) is 29.8 Å². The van der Waals surface area contributed by atoms with E-state index in [4.69, 9.17) is 9.84 Å². The fraction of sp³-hybridized carbons (Fsp3) is 0.533. The maximum atomic E-state index is 12.1. The van der Waals surface area contributed by atoms with Crippen LogP contribution in [0.25, 0.3) is 0 Å². The van der Waals surface area contributed by atoms with Crippen molar-refractivity contribution in [2.45, 2.75) is 25.8 Å². The van der Waals surface area contributed by atoms with Crippen LogP contribution in [0.3, 0.4) is 0 Å². The van der Waals surface area contributed by atoms with Gasteiger partial charge in [0.2, 0.25) is 0 Å².